The molecule has 28 heavy (non-hydrogen) atoms. The van der Waals surface area contributed by atoms with Crippen molar-refractivity contribution < 1.29 is 14.3 Å². The fourth-order valence-corrected chi connectivity index (χ4v) is 3.45. The SMILES string of the molecule is Cc1ccc(OCC(=O)N2CCC(NC(=O)c3cc(Cl)ccc3Cl)CC2)cc1. The van der Waals surface area contributed by atoms with Crippen molar-refractivity contribution in [3.63, 3.8) is 0 Å². The Morgan fingerprint density at radius 3 is 2.46 bits per heavy atom. The molecule has 1 aliphatic heterocycles. The summed E-state index contributed by atoms with van der Waals surface area (Å²) in [7, 11) is 0. The molecule has 0 spiro atoms. The normalized spacial score (nSPS) is 14.6. The van der Waals surface area contributed by atoms with E-state index in [1.807, 2.05) is 31.2 Å². The minimum absolute atomic E-state index is 0.00962. The molecule has 1 saturated heterocycles. The molecule has 0 saturated carbocycles. The van der Waals surface area contributed by atoms with Gasteiger partial charge in [-0.25, -0.2) is 0 Å². The van der Waals surface area contributed by atoms with Crippen molar-refractivity contribution in [2.45, 2.75) is 25.8 Å². The highest BCUT2D eigenvalue weighted by Crippen LogP contribution is 2.21. The van der Waals surface area contributed by atoms with Crippen molar-refractivity contribution in [1.29, 1.82) is 0 Å². The van der Waals surface area contributed by atoms with Crippen LogP contribution in [0.15, 0.2) is 42.5 Å². The summed E-state index contributed by atoms with van der Waals surface area (Å²) >= 11 is 12.0. The molecule has 2 aromatic carbocycles. The molecule has 1 fully saturated rings. The van der Waals surface area contributed by atoms with Crippen LogP contribution in [-0.4, -0.2) is 42.5 Å². The molecule has 1 N–H and O–H groups in total. The van der Waals surface area contributed by atoms with Crippen molar-refractivity contribution in [3.05, 3.63) is 63.6 Å². The third-order valence-electron chi connectivity index (χ3n) is 4.74. The monoisotopic (exact) mass is 420 g/mol. The Hall–Kier alpha value is -2.24. The minimum Gasteiger partial charge on any atom is -0.484 e. The van der Waals surface area contributed by atoms with Crippen molar-refractivity contribution in [1.82, 2.24) is 10.2 Å². The van der Waals surface area contributed by atoms with Gasteiger partial charge in [-0.2, -0.15) is 0 Å². The number of piperidine rings is 1. The van der Waals surface area contributed by atoms with E-state index in [0.717, 1.165) is 5.56 Å². The van der Waals surface area contributed by atoms with Gasteiger partial charge in [-0.05, 0) is 50.1 Å². The zero-order chi connectivity index (χ0) is 20.1. The summed E-state index contributed by atoms with van der Waals surface area (Å²) in [4.78, 5) is 26.5. The van der Waals surface area contributed by atoms with Gasteiger partial charge in [-0.15, -0.1) is 0 Å². The Labute approximate surface area is 174 Å². The van der Waals surface area contributed by atoms with Gasteiger partial charge in [-0.3, -0.25) is 9.59 Å². The molecular weight excluding hydrogens is 399 g/mol. The van der Waals surface area contributed by atoms with Crippen LogP contribution in [0.2, 0.25) is 10.0 Å². The van der Waals surface area contributed by atoms with Crippen LogP contribution in [0.1, 0.15) is 28.8 Å². The molecule has 0 radical (unpaired) electrons. The molecule has 2 amide bonds. The molecule has 3 rings (SSSR count). The lowest BCUT2D eigenvalue weighted by Gasteiger charge is -2.32. The number of rotatable bonds is 5. The van der Waals surface area contributed by atoms with E-state index >= 15 is 0 Å². The highest BCUT2D eigenvalue weighted by molar-refractivity contribution is 6.35. The molecule has 0 aliphatic carbocycles. The van der Waals surface area contributed by atoms with E-state index in [2.05, 4.69) is 5.32 Å². The van der Waals surface area contributed by atoms with Gasteiger partial charge in [0.2, 0.25) is 0 Å². The van der Waals surface area contributed by atoms with Gasteiger partial charge in [0, 0.05) is 24.2 Å². The van der Waals surface area contributed by atoms with Gasteiger partial charge in [0.25, 0.3) is 11.8 Å². The van der Waals surface area contributed by atoms with Crippen molar-refractivity contribution in [3.8, 4) is 5.75 Å². The lowest BCUT2D eigenvalue weighted by atomic mass is 10.0. The average molecular weight is 421 g/mol. The number of halogens is 2. The summed E-state index contributed by atoms with van der Waals surface area (Å²) in [5.74, 6) is 0.378. The Bertz CT molecular complexity index is 847. The van der Waals surface area contributed by atoms with E-state index in [1.54, 1.807) is 23.1 Å². The Kier molecular flexibility index (Phi) is 6.81. The summed E-state index contributed by atoms with van der Waals surface area (Å²) in [6.45, 7) is 3.16. The Morgan fingerprint density at radius 1 is 1.11 bits per heavy atom. The van der Waals surface area contributed by atoms with E-state index in [-0.39, 0.29) is 24.5 Å². The number of nitrogens with one attached hydrogen (secondary N) is 1. The fourth-order valence-electron chi connectivity index (χ4n) is 3.08. The number of aryl methyl sites for hydroxylation is 1. The number of carbonyl (C=O) groups is 2. The maximum Gasteiger partial charge on any atom is 0.260 e. The quantitative estimate of drug-likeness (QED) is 0.791. The first-order chi connectivity index (χ1) is 13.4. The number of carbonyl (C=O) groups excluding carboxylic acids is 2. The van der Waals surface area contributed by atoms with E-state index in [0.29, 0.717) is 47.3 Å². The smallest absolute Gasteiger partial charge is 0.260 e. The number of hydrogen-bond acceptors (Lipinski definition) is 3. The molecule has 148 valence electrons. The van der Waals surface area contributed by atoms with Crippen LogP contribution in [0.25, 0.3) is 0 Å². The van der Waals surface area contributed by atoms with Crippen LogP contribution in [0.5, 0.6) is 5.75 Å². The van der Waals surface area contributed by atoms with Crippen molar-refractivity contribution >= 4 is 35.0 Å². The van der Waals surface area contributed by atoms with Crippen LogP contribution < -0.4 is 10.1 Å². The van der Waals surface area contributed by atoms with Crippen molar-refractivity contribution in [2.75, 3.05) is 19.7 Å². The topological polar surface area (TPSA) is 58.6 Å². The molecule has 7 heteroatoms. The first kappa shape index (κ1) is 20.5. The van der Waals surface area contributed by atoms with Crippen LogP contribution in [0.4, 0.5) is 0 Å². The van der Waals surface area contributed by atoms with Crippen LogP contribution in [0, 0.1) is 6.92 Å². The zero-order valence-corrected chi connectivity index (χ0v) is 17.1. The van der Waals surface area contributed by atoms with Crippen LogP contribution in [-0.2, 0) is 4.79 Å². The number of nitrogens with zero attached hydrogens (tertiary/aromatic N) is 1. The van der Waals surface area contributed by atoms with Gasteiger partial charge >= 0.3 is 0 Å². The lowest BCUT2D eigenvalue weighted by molar-refractivity contribution is -0.134. The highest BCUT2D eigenvalue weighted by Gasteiger charge is 2.25. The Morgan fingerprint density at radius 2 is 1.79 bits per heavy atom. The maximum atomic E-state index is 12.4. The lowest BCUT2D eigenvalue weighted by Crippen LogP contribution is -2.47. The molecule has 2 aromatic rings. The molecule has 0 aromatic heterocycles. The van der Waals surface area contributed by atoms with Gasteiger partial charge in [-0.1, -0.05) is 40.9 Å². The van der Waals surface area contributed by atoms with E-state index in [9.17, 15) is 9.59 Å². The average Bonchev–Trinajstić information content (AvgIpc) is 2.69. The predicted molar refractivity (Wildman–Crippen MR) is 110 cm³/mol. The molecule has 0 atom stereocenters. The number of benzene rings is 2. The largest absolute Gasteiger partial charge is 0.484 e. The van der Waals surface area contributed by atoms with E-state index < -0.39 is 0 Å². The summed E-state index contributed by atoms with van der Waals surface area (Å²) in [6.07, 6.45) is 1.36. The van der Waals surface area contributed by atoms with Crippen LogP contribution in [0.3, 0.4) is 0 Å². The second-order valence-corrected chi connectivity index (χ2v) is 7.70. The number of amides is 2. The number of likely N-dealkylation sites (tertiary alicyclic amines) is 1. The number of hydrogen-bond donors (Lipinski definition) is 1. The molecule has 0 unspecified atom stereocenters. The van der Waals surface area contributed by atoms with Gasteiger partial charge < -0.3 is 15.0 Å². The van der Waals surface area contributed by atoms with E-state index in [1.165, 1.54) is 0 Å². The third kappa shape index (κ3) is 5.40. The summed E-state index contributed by atoms with van der Waals surface area (Å²) in [5, 5.41) is 3.80. The van der Waals surface area contributed by atoms with Gasteiger partial charge in [0.05, 0.1) is 10.6 Å². The Balaban J connectivity index is 1.46. The van der Waals surface area contributed by atoms with Crippen LogP contribution >= 0.6 is 23.2 Å². The van der Waals surface area contributed by atoms with Gasteiger partial charge in [0.1, 0.15) is 5.75 Å². The fraction of sp³-hybridized carbons (Fsp3) is 0.333. The first-order valence-corrected chi connectivity index (χ1v) is 9.91. The third-order valence-corrected chi connectivity index (χ3v) is 5.30. The molecular formula is C21H22Cl2N2O3. The predicted octanol–water partition coefficient (Wildman–Crippen LogP) is 4.10. The summed E-state index contributed by atoms with van der Waals surface area (Å²) in [5.41, 5.74) is 1.50. The molecule has 5 nitrogen and oxygen atoms in total. The summed E-state index contributed by atoms with van der Waals surface area (Å²) < 4.78 is 5.56. The summed E-state index contributed by atoms with van der Waals surface area (Å²) in [6, 6.07) is 12.4. The molecule has 0 bridgehead atoms. The standard InChI is InChI=1S/C21H22Cl2N2O3/c1-14-2-5-17(6-3-14)28-13-20(26)25-10-8-16(9-11-25)24-21(27)18-12-15(22)4-7-19(18)23/h2-7,12,16H,8-11,13H2,1H3,(H,24,27). The zero-order valence-electron chi connectivity index (χ0n) is 15.6. The van der Waals surface area contributed by atoms with E-state index in [4.69, 9.17) is 27.9 Å². The van der Waals surface area contributed by atoms with Crippen molar-refractivity contribution in [2.24, 2.45) is 0 Å². The second-order valence-electron chi connectivity index (χ2n) is 6.85. The minimum atomic E-state index is -0.250. The number of ether oxygens (including phenoxy) is 1. The van der Waals surface area contributed by atoms with Gasteiger partial charge in [0.15, 0.2) is 6.61 Å². The molecule has 1 aliphatic rings. The molecule has 1 heterocycles. The first-order valence-electron chi connectivity index (χ1n) is 9.15. The highest BCUT2D eigenvalue weighted by atomic mass is 35.5. The second kappa shape index (κ2) is 9.30. The maximum absolute atomic E-state index is 12.4.